The molecule has 2 aromatic rings. The van der Waals surface area contributed by atoms with Crippen molar-refractivity contribution in [3.8, 4) is 5.75 Å². The van der Waals surface area contributed by atoms with Gasteiger partial charge in [0.25, 0.3) is 5.91 Å². The first-order valence-electron chi connectivity index (χ1n) is 10.3. The zero-order valence-corrected chi connectivity index (χ0v) is 18.8. The summed E-state index contributed by atoms with van der Waals surface area (Å²) >= 11 is 6.03. The summed E-state index contributed by atoms with van der Waals surface area (Å²) in [5, 5.41) is 15.9. The number of hydrogen-bond acceptors (Lipinski definition) is 5. The van der Waals surface area contributed by atoms with Gasteiger partial charge in [-0.2, -0.15) is 0 Å². The minimum absolute atomic E-state index is 0.0729. The van der Waals surface area contributed by atoms with Crippen LogP contribution in [0.1, 0.15) is 41.8 Å². The fraction of sp³-hybridized carbons (Fsp3) is 0.333. The first-order valence-corrected chi connectivity index (χ1v) is 10.7. The molecule has 0 radical (unpaired) electrons. The van der Waals surface area contributed by atoms with Crippen LogP contribution in [0.3, 0.4) is 0 Å². The van der Waals surface area contributed by atoms with E-state index in [1.54, 1.807) is 0 Å². The van der Waals surface area contributed by atoms with Crippen LogP contribution in [0.25, 0.3) is 5.57 Å². The Balaban J connectivity index is 0.00000166. The summed E-state index contributed by atoms with van der Waals surface area (Å²) in [5.41, 5.74) is 3.25. The van der Waals surface area contributed by atoms with Crippen molar-refractivity contribution in [2.45, 2.75) is 32.7 Å². The van der Waals surface area contributed by atoms with Crippen molar-refractivity contribution in [1.29, 1.82) is 0 Å². The van der Waals surface area contributed by atoms with Crippen LogP contribution in [-0.2, 0) is 16.0 Å². The first kappa shape index (κ1) is 24.4. The number of benzene rings is 2. The van der Waals surface area contributed by atoms with Crippen molar-refractivity contribution in [2.24, 2.45) is 0 Å². The number of carbonyl (C=O) groups is 2. The normalized spacial score (nSPS) is 13.9. The lowest BCUT2D eigenvalue weighted by molar-refractivity contribution is -0.142. The van der Waals surface area contributed by atoms with Crippen LogP contribution in [0.2, 0.25) is 5.02 Å². The highest BCUT2D eigenvalue weighted by atomic mass is 35.5. The Kier molecular flexibility index (Phi) is 9.56. The molecular formula is C24H29ClN2O4. The summed E-state index contributed by atoms with van der Waals surface area (Å²) in [6.07, 6.45) is 3.40. The van der Waals surface area contributed by atoms with E-state index >= 15 is 0 Å². The molecule has 0 saturated carbocycles. The highest BCUT2D eigenvalue weighted by Crippen LogP contribution is 2.25. The van der Waals surface area contributed by atoms with Crippen molar-refractivity contribution in [2.75, 3.05) is 20.2 Å². The third kappa shape index (κ3) is 6.57. The Morgan fingerprint density at radius 3 is 2.48 bits per heavy atom. The Morgan fingerprint density at radius 1 is 1.19 bits per heavy atom. The number of carbonyl (C=O) groups excluding carboxylic acids is 2. The molecule has 0 saturated heterocycles. The van der Waals surface area contributed by atoms with E-state index in [1.807, 2.05) is 38.1 Å². The minimum Gasteiger partial charge on any atom is -0.507 e. The molecule has 0 aromatic heterocycles. The Bertz CT molecular complexity index is 905. The fourth-order valence-corrected chi connectivity index (χ4v) is 3.53. The molecule has 1 amide bonds. The number of amides is 1. The van der Waals surface area contributed by atoms with Crippen LogP contribution in [-0.4, -0.2) is 43.2 Å². The number of ether oxygens (including phenoxy) is 1. The van der Waals surface area contributed by atoms with Gasteiger partial charge in [-0.05, 0) is 41.8 Å². The maximum Gasteiger partial charge on any atom is 0.328 e. The SMILES string of the molecule is CC.COC(=O)C(Cc1ccc(C2=CCNCC2)cc1)NC(=O)c1c(O)cccc1Cl. The smallest absolute Gasteiger partial charge is 0.328 e. The molecule has 1 atom stereocenters. The number of aromatic hydroxyl groups is 1. The summed E-state index contributed by atoms with van der Waals surface area (Å²) < 4.78 is 4.84. The van der Waals surface area contributed by atoms with Gasteiger partial charge in [-0.15, -0.1) is 0 Å². The summed E-state index contributed by atoms with van der Waals surface area (Å²) in [4.78, 5) is 24.8. The van der Waals surface area contributed by atoms with Crippen LogP contribution >= 0.6 is 11.6 Å². The summed E-state index contributed by atoms with van der Waals surface area (Å²) in [7, 11) is 1.27. The van der Waals surface area contributed by atoms with Gasteiger partial charge in [-0.3, -0.25) is 4.79 Å². The van der Waals surface area contributed by atoms with Gasteiger partial charge in [0.1, 0.15) is 11.8 Å². The minimum atomic E-state index is -0.910. The topological polar surface area (TPSA) is 87.7 Å². The lowest BCUT2D eigenvalue weighted by Gasteiger charge is -2.18. The van der Waals surface area contributed by atoms with E-state index in [-0.39, 0.29) is 22.8 Å². The third-order valence-electron chi connectivity index (χ3n) is 4.84. The standard InChI is InChI=1S/C22H23ClN2O4.C2H6/c1-29-22(28)18(25-21(27)20-17(23)3-2-4-19(20)26)13-14-5-7-15(8-6-14)16-9-11-24-12-10-16;1-2/h2-9,18,24,26H,10-13H2,1H3,(H,25,27);1-2H3. The van der Waals surface area contributed by atoms with E-state index in [2.05, 4.69) is 16.7 Å². The molecule has 1 heterocycles. The molecule has 3 rings (SSSR count). The monoisotopic (exact) mass is 444 g/mol. The van der Waals surface area contributed by atoms with E-state index in [0.717, 1.165) is 30.6 Å². The predicted octanol–water partition coefficient (Wildman–Crippen LogP) is 3.96. The molecular weight excluding hydrogens is 416 g/mol. The number of rotatable bonds is 6. The van der Waals surface area contributed by atoms with Gasteiger partial charge in [-0.25, -0.2) is 4.79 Å². The summed E-state index contributed by atoms with van der Waals surface area (Å²) in [5.74, 6) is -1.46. The second-order valence-corrected chi connectivity index (χ2v) is 7.17. The molecule has 0 aliphatic carbocycles. The van der Waals surface area contributed by atoms with Crippen LogP contribution in [0.15, 0.2) is 48.5 Å². The zero-order valence-electron chi connectivity index (χ0n) is 18.1. The van der Waals surface area contributed by atoms with Crippen molar-refractivity contribution in [1.82, 2.24) is 10.6 Å². The van der Waals surface area contributed by atoms with Crippen molar-refractivity contribution >= 4 is 29.1 Å². The number of methoxy groups -OCH3 is 1. The maximum atomic E-state index is 12.6. The number of esters is 1. The molecule has 166 valence electrons. The lowest BCUT2D eigenvalue weighted by atomic mass is 9.97. The second-order valence-electron chi connectivity index (χ2n) is 6.77. The Hall–Kier alpha value is -2.83. The van der Waals surface area contributed by atoms with Gasteiger partial charge >= 0.3 is 5.97 Å². The highest BCUT2D eigenvalue weighted by Gasteiger charge is 2.25. The number of halogens is 1. The van der Waals surface area contributed by atoms with Gasteiger partial charge < -0.3 is 20.5 Å². The molecule has 0 spiro atoms. The van der Waals surface area contributed by atoms with Crippen LogP contribution in [0.5, 0.6) is 5.75 Å². The predicted molar refractivity (Wildman–Crippen MR) is 123 cm³/mol. The zero-order chi connectivity index (χ0) is 22.8. The van der Waals surface area contributed by atoms with Gasteiger partial charge in [0, 0.05) is 13.0 Å². The van der Waals surface area contributed by atoms with Gasteiger partial charge in [-0.1, -0.05) is 61.9 Å². The lowest BCUT2D eigenvalue weighted by Crippen LogP contribution is -2.43. The van der Waals surface area contributed by atoms with Gasteiger partial charge in [0.15, 0.2) is 0 Å². The quantitative estimate of drug-likeness (QED) is 0.587. The molecule has 7 heteroatoms. The Morgan fingerprint density at radius 2 is 1.90 bits per heavy atom. The van der Waals surface area contributed by atoms with Crippen LogP contribution < -0.4 is 10.6 Å². The third-order valence-corrected chi connectivity index (χ3v) is 5.15. The first-order chi connectivity index (χ1) is 15.0. The number of phenolic OH excluding ortho intramolecular Hbond substituents is 1. The number of phenols is 1. The van der Waals surface area contributed by atoms with E-state index in [4.69, 9.17) is 16.3 Å². The molecule has 31 heavy (non-hydrogen) atoms. The largest absolute Gasteiger partial charge is 0.507 e. The molecule has 1 aliphatic heterocycles. The maximum absolute atomic E-state index is 12.6. The van der Waals surface area contributed by atoms with Crippen molar-refractivity contribution in [3.63, 3.8) is 0 Å². The number of hydrogen-bond donors (Lipinski definition) is 3. The van der Waals surface area contributed by atoms with Crippen molar-refractivity contribution in [3.05, 3.63) is 70.3 Å². The molecule has 3 N–H and O–H groups in total. The summed E-state index contributed by atoms with van der Waals surface area (Å²) in [6, 6.07) is 11.4. The van der Waals surface area contributed by atoms with E-state index in [1.165, 1.54) is 30.9 Å². The molecule has 2 aromatic carbocycles. The van der Waals surface area contributed by atoms with E-state index in [9.17, 15) is 14.7 Å². The fourth-order valence-electron chi connectivity index (χ4n) is 3.28. The van der Waals surface area contributed by atoms with Crippen molar-refractivity contribution < 1.29 is 19.4 Å². The van der Waals surface area contributed by atoms with E-state index in [0.29, 0.717) is 0 Å². The molecule has 1 aliphatic rings. The molecule has 0 bridgehead atoms. The Labute approximate surface area is 188 Å². The average Bonchev–Trinajstić information content (AvgIpc) is 2.80. The van der Waals surface area contributed by atoms with Crippen LogP contribution in [0, 0.1) is 0 Å². The molecule has 1 unspecified atom stereocenters. The second kappa shape index (κ2) is 12.1. The number of nitrogens with one attached hydrogen (secondary N) is 2. The highest BCUT2D eigenvalue weighted by molar-refractivity contribution is 6.34. The summed E-state index contributed by atoms with van der Waals surface area (Å²) in [6.45, 7) is 5.82. The van der Waals surface area contributed by atoms with Gasteiger partial charge in [0.05, 0.1) is 17.7 Å². The average molecular weight is 445 g/mol. The molecule has 6 nitrogen and oxygen atoms in total. The van der Waals surface area contributed by atoms with E-state index < -0.39 is 17.9 Å². The molecule has 0 fully saturated rings. The van der Waals surface area contributed by atoms with Gasteiger partial charge in [0.2, 0.25) is 0 Å². The van der Waals surface area contributed by atoms with Crippen LogP contribution in [0.4, 0.5) is 0 Å².